The zero-order valence-corrected chi connectivity index (χ0v) is 14.6. The van der Waals surface area contributed by atoms with Gasteiger partial charge in [-0.1, -0.05) is 18.2 Å². The molecule has 1 unspecified atom stereocenters. The second-order valence-electron chi connectivity index (χ2n) is 6.87. The van der Waals surface area contributed by atoms with E-state index in [4.69, 9.17) is 0 Å². The molecule has 0 radical (unpaired) electrons. The summed E-state index contributed by atoms with van der Waals surface area (Å²) in [6.07, 6.45) is 10.2. The molecule has 1 N–H and O–H groups in total. The molecule has 1 fully saturated rings. The lowest BCUT2D eigenvalue weighted by molar-refractivity contribution is -0.125. The number of carbonyl (C=O) groups is 1. The van der Waals surface area contributed by atoms with Crippen molar-refractivity contribution in [1.82, 2.24) is 15.2 Å². The summed E-state index contributed by atoms with van der Waals surface area (Å²) >= 11 is 0. The number of hydrogen-bond donors (Lipinski definition) is 1. The van der Waals surface area contributed by atoms with Crippen LogP contribution in [0.5, 0.6) is 0 Å². The summed E-state index contributed by atoms with van der Waals surface area (Å²) in [6.45, 7) is 4.87. The molecule has 0 bridgehead atoms. The van der Waals surface area contributed by atoms with E-state index in [0.717, 1.165) is 56.8 Å². The second kappa shape index (κ2) is 8.29. The third-order valence-electron chi connectivity index (χ3n) is 4.96. The highest BCUT2D eigenvalue weighted by Gasteiger charge is 2.18. The van der Waals surface area contributed by atoms with Crippen LogP contribution in [-0.2, 0) is 11.3 Å². The maximum absolute atomic E-state index is 12.2. The lowest BCUT2D eigenvalue weighted by Gasteiger charge is -2.22. The highest BCUT2D eigenvalue weighted by Crippen LogP contribution is 2.18. The lowest BCUT2D eigenvalue weighted by atomic mass is 9.93. The van der Waals surface area contributed by atoms with Gasteiger partial charge in [0, 0.05) is 38.3 Å². The number of likely N-dealkylation sites (N-methyl/N-ethyl adjacent to an activating group) is 1. The van der Waals surface area contributed by atoms with E-state index >= 15 is 0 Å². The number of anilines is 1. The van der Waals surface area contributed by atoms with Gasteiger partial charge >= 0.3 is 0 Å². The summed E-state index contributed by atoms with van der Waals surface area (Å²) in [5.74, 6) is 1.34. The standard InChI is InChI=1S/C19H28N4O/c1-22-10-5-11-23(13-12-22)18-9-8-16(14-20-18)15-21-19(24)17-6-3-2-4-7-17/h2-3,8-9,14,17H,4-7,10-13,15H2,1H3,(H,21,24). The molecular weight excluding hydrogens is 300 g/mol. The van der Waals surface area contributed by atoms with E-state index in [2.05, 4.69) is 51.4 Å². The molecule has 130 valence electrons. The van der Waals surface area contributed by atoms with Crippen molar-refractivity contribution < 1.29 is 4.79 Å². The number of hydrogen-bond acceptors (Lipinski definition) is 4. The lowest BCUT2D eigenvalue weighted by Crippen LogP contribution is -2.31. The Morgan fingerprint density at radius 3 is 2.92 bits per heavy atom. The minimum Gasteiger partial charge on any atom is -0.355 e. The third kappa shape index (κ3) is 4.57. The third-order valence-corrected chi connectivity index (χ3v) is 4.96. The van der Waals surface area contributed by atoms with Crippen LogP contribution in [0.1, 0.15) is 31.2 Å². The first kappa shape index (κ1) is 17.0. The molecule has 2 heterocycles. The van der Waals surface area contributed by atoms with Crippen LogP contribution >= 0.6 is 0 Å². The van der Waals surface area contributed by atoms with Gasteiger partial charge in [0.15, 0.2) is 0 Å². The Balaban J connectivity index is 1.51. The quantitative estimate of drug-likeness (QED) is 0.861. The van der Waals surface area contributed by atoms with Crippen molar-refractivity contribution >= 4 is 11.7 Å². The van der Waals surface area contributed by atoms with E-state index in [1.54, 1.807) is 0 Å². The summed E-state index contributed by atoms with van der Waals surface area (Å²) in [5.41, 5.74) is 1.06. The summed E-state index contributed by atoms with van der Waals surface area (Å²) in [6, 6.07) is 4.16. The van der Waals surface area contributed by atoms with Crippen molar-refractivity contribution in [3.05, 3.63) is 36.0 Å². The number of nitrogens with zero attached hydrogens (tertiary/aromatic N) is 3. The molecule has 0 spiro atoms. The van der Waals surface area contributed by atoms with Crippen LogP contribution in [0.25, 0.3) is 0 Å². The maximum Gasteiger partial charge on any atom is 0.223 e. The predicted octanol–water partition coefficient (Wildman–Crippen LogP) is 2.20. The number of amides is 1. The van der Waals surface area contributed by atoms with Crippen LogP contribution in [0.2, 0.25) is 0 Å². The Morgan fingerprint density at radius 1 is 1.25 bits per heavy atom. The molecule has 1 saturated heterocycles. The minimum atomic E-state index is 0.135. The van der Waals surface area contributed by atoms with Crippen LogP contribution in [0.15, 0.2) is 30.5 Å². The molecule has 3 rings (SSSR count). The van der Waals surface area contributed by atoms with Gasteiger partial charge < -0.3 is 15.1 Å². The van der Waals surface area contributed by atoms with Gasteiger partial charge in [0.25, 0.3) is 0 Å². The zero-order valence-electron chi connectivity index (χ0n) is 14.6. The second-order valence-corrected chi connectivity index (χ2v) is 6.87. The monoisotopic (exact) mass is 328 g/mol. The molecule has 1 aromatic heterocycles. The number of carbonyl (C=O) groups excluding carboxylic acids is 1. The Hall–Kier alpha value is -1.88. The van der Waals surface area contributed by atoms with Crippen molar-refractivity contribution in [3.8, 4) is 0 Å². The summed E-state index contributed by atoms with van der Waals surface area (Å²) in [5, 5.41) is 3.05. The van der Waals surface area contributed by atoms with Crippen LogP contribution in [0.4, 0.5) is 5.82 Å². The molecule has 2 aliphatic rings. The van der Waals surface area contributed by atoms with Crippen LogP contribution in [0.3, 0.4) is 0 Å². The largest absolute Gasteiger partial charge is 0.355 e. The number of aromatic nitrogens is 1. The van der Waals surface area contributed by atoms with Gasteiger partial charge in [0.2, 0.25) is 5.91 Å². The summed E-state index contributed by atoms with van der Waals surface area (Å²) < 4.78 is 0. The molecule has 1 amide bonds. The Kier molecular flexibility index (Phi) is 5.86. The fraction of sp³-hybridized carbons (Fsp3) is 0.579. The molecule has 1 aliphatic heterocycles. The highest BCUT2D eigenvalue weighted by atomic mass is 16.1. The van der Waals surface area contributed by atoms with Gasteiger partial charge in [0.05, 0.1) is 0 Å². The molecule has 5 nitrogen and oxygen atoms in total. The summed E-state index contributed by atoms with van der Waals surface area (Å²) in [7, 11) is 2.17. The highest BCUT2D eigenvalue weighted by molar-refractivity contribution is 5.78. The number of nitrogens with one attached hydrogen (secondary N) is 1. The molecule has 24 heavy (non-hydrogen) atoms. The van der Waals surface area contributed by atoms with E-state index in [-0.39, 0.29) is 11.8 Å². The normalized spacial score (nSPS) is 22.2. The van der Waals surface area contributed by atoms with Crippen molar-refractivity contribution in [2.24, 2.45) is 5.92 Å². The number of allylic oxidation sites excluding steroid dienone is 2. The molecule has 5 heteroatoms. The minimum absolute atomic E-state index is 0.135. The van der Waals surface area contributed by atoms with E-state index < -0.39 is 0 Å². The first-order chi connectivity index (χ1) is 11.7. The zero-order chi connectivity index (χ0) is 16.8. The first-order valence-electron chi connectivity index (χ1n) is 9.03. The topological polar surface area (TPSA) is 48.5 Å². The number of rotatable bonds is 4. The molecule has 0 aromatic carbocycles. The van der Waals surface area contributed by atoms with Crippen molar-refractivity contribution in [2.45, 2.75) is 32.2 Å². The Morgan fingerprint density at radius 2 is 2.17 bits per heavy atom. The van der Waals surface area contributed by atoms with Gasteiger partial charge in [-0.15, -0.1) is 0 Å². The first-order valence-corrected chi connectivity index (χ1v) is 9.03. The van der Waals surface area contributed by atoms with E-state index in [9.17, 15) is 4.79 Å². The van der Waals surface area contributed by atoms with Crippen molar-refractivity contribution in [3.63, 3.8) is 0 Å². The summed E-state index contributed by atoms with van der Waals surface area (Å²) in [4.78, 5) is 21.5. The van der Waals surface area contributed by atoms with Crippen molar-refractivity contribution in [1.29, 1.82) is 0 Å². The van der Waals surface area contributed by atoms with E-state index in [1.807, 2.05) is 6.20 Å². The van der Waals surface area contributed by atoms with Crippen molar-refractivity contribution in [2.75, 3.05) is 38.1 Å². The van der Waals surface area contributed by atoms with Gasteiger partial charge in [-0.25, -0.2) is 4.98 Å². The van der Waals surface area contributed by atoms with Crippen LogP contribution in [-0.4, -0.2) is 49.0 Å². The van der Waals surface area contributed by atoms with E-state index in [0.29, 0.717) is 6.54 Å². The SMILES string of the molecule is CN1CCCN(c2ccc(CNC(=O)C3CC=CCC3)cn2)CC1. The smallest absolute Gasteiger partial charge is 0.223 e. The van der Waals surface area contributed by atoms with Gasteiger partial charge in [-0.05, 0) is 50.9 Å². The Bertz CT molecular complexity index is 569. The fourth-order valence-electron chi connectivity index (χ4n) is 3.35. The average molecular weight is 328 g/mol. The van der Waals surface area contributed by atoms with Crippen LogP contribution in [0, 0.1) is 5.92 Å². The van der Waals surface area contributed by atoms with Gasteiger partial charge in [0.1, 0.15) is 5.82 Å². The fourth-order valence-corrected chi connectivity index (χ4v) is 3.35. The number of pyridine rings is 1. The van der Waals surface area contributed by atoms with Gasteiger partial charge in [-0.2, -0.15) is 0 Å². The molecule has 1 atom stereocenters. The predicted molar refractivity (Wildman–Crippen MR) is 96.9 cm³/mol. The maximum atomic E-state index is 12.2. The Labute approximate surface area is 144 Å². The van der Waals surface area contributed by atoms with Gasteiger partial charge in [-0.3, -0.25) is 4.79 Å². The van der Waals surface area contributed by atoms with Crippen LogP contribution < -0.4 is 10.2 Å². The molecule has 1 aromatic rings. The molecule has 1 aliphatic carbocycles. The molecule has 0 saturated carbocycles. The average Bonchev–Trinajstić information content (AvgIpc) is 2.85. The van der Waals surface area contributed by atoms with E-state index in [1.165, 1.54) is 6.42 Å². The molecular formula is C19H28N4O.